The van der Waals surface area contributed by atoms with Crippen molar-refractivity contribution in [1.29, 1.82) is 0 Å². The summed E-state index contributed by atoms with van der Waals surface area (Å²) in [5.41, 5.74) is 0. The molecule has 100 valence electrons. The van der Waals surface area contributed by atoms with E-state index in [-0.39, 0.29) is 0 Å². The third kappa shape index (κ3) is 4.08. The summed E-state index contributed by atoms with van der Waals surface area (Å²) in [7, 11) is 0. The van der Waals surface area contributed by atoms with Gasteiger partial charge >= 0.3 is 0 Å². The van der Waals surface area contributed by atoms with Crippen LogP contribution in [-0.2, 0) is 0 Å². The first-order chi connectivity index (χ1) is 9.19. The van der Waals surface area contributed by atoms with Gasteiger partial charge in [-0.15, -0.1) is 0 Å². The van der Waals surface area contributed by atoms with Crippen LogP contribution in [0.2, 0.25) is 5.02 Å². The maximum absolute atomic E-state index is 6.06. The van der Waals surface area contributed by atoms with Crippen molar-refractivity contribution in [2.45, 2.75) is 13.3 Å². The molecule has 0 radical (unpaired) electrons. The highest BCUT2D eigenvalue weighted by molar-refractivity contribution is 9.10. The Morgan fingerprint density at radius 2 is 2.21 bits per heavy atom. The standard InChI is InChI=1S/C13H13BrClN3O/c1-2-5-17-12-7-16-8-13(18-12)19-11-6-9(14)3-4-10(11)15/h3-4,6-8H,2,5H2,1H3,(H,17,18). The lowest BCUT2D eigenvalue weighted by Gasteiger charge is -2.08. The summed E-state index contributed by atoms with van der Waals surface area (Å²) in [6, 6.07) is 5.39. The summed E-state index contributed by atoms with van der Waals surface area (Å²) in [5.74, 6) is 1.63. The first kappa shape index (κ1) is 14.1. The molecule has 2 aromatic rings. The molecule has 1 heterocycles. The number of benzene rings is 1. The number of nitrogens with one attached hydrogen (secondary N) is 1. The van der Waals surface area contributed by atoms with Gasteiger partial charge in [-0.3, -0.25) is 4.98 Å². The van der Waals surface area contributed by atoms with Crippen LogP contribution < -0.4 is 10.1 Å². The summed E-state index contributed by atoms with van der Waals surface area (Å²) in [6.07, 6.45) is 4.23. The van der Waals surface area contributed by atoms with Crippen LogP contribution in [0, 0.1) is 0 Å². The van der Waals surface area contributed by atoms with Crippen molar-refractivity contribution in [2.75, 3.05) is 11.9 Å². The quantitative estimate of drug-likeness (QED) is 0.868. The van der Waals surface area contributed by atoms with E-state index in [0.717, 1.165) is 17.4 Å². The minimum atomic E-state index is 0.404. The van der Waals surface area contributed by atoms with Gasteiger partial charge in [-0.1, -0.05) is 34.5 Å². The van der Waals surface area contributed by atoms with Crippen LogP contribution in [0.25, 0.3) is 0 Å². The second-order valence-electron chi connectivity index (χ2n) is 3.85. The monoisotopic (exact) mass is 341 g/mol. The molecule has 0 saturated heterocycles. The molecule has 0 amide bonds. The molecule has 0 bridgehead atoms. The van der Waals surface area contributed by atoms with Gasteiger partial charge in [-0.25, -0.2) is 0 Å². The second-order valence-corrected chi connectivity index (χ2v) is 5.17. The Balaban J connectivity index is 2.16. The van der Waals surface area contributed by atoms with E-state index in [1.165, 1.54) is 0 Å². The molecule has 0 spiro atoms. The van der Waals surface area contributed by atoms with Crippen molar-refractivity contribution in [3.05, 3.63) is 40.1 Å². The minimum Gasteiger partial charge on any atom is -0.436 e. The van der Waals surface area contributed by atoms with Crippen LogP contribution in [0.5, 0.6) is 11.6 Å². The summed E-state index contributed by atoms with van der Waals surface area (Å²) in [5, 5.41) is 3.68. The largest absolute Gasteiger partial charge is 0.436 e. The number of hydrogen-bond donors (Lipinski definition) is 1. The van der Waals surface area contributed by atoms with Crippen LogP contribution in [0.4, 0.5) is 5.82 Å². The van der Waals surface area contributed by atoms with Crippen molar-refractivity contribution in [3.8, 4) is 11.6 Å². The lowest BCUT2D eigenvalue weighted by atomic mass is 10.3. The fourth-order valence-corrected chi connectivity index (χ4v) is 1.90. The van der Waals surface area contributed by atoms with Gasteiger partial charge in [0.2, 0.25) is 5.88 Å². The number of hydrogen-bond acceptors (Lipinski definition) is 4. The van der Waals surface area contributed by atoms with Crippen LogP contribution in [-0.4, -0.2) is 16.5 Å². The molecule has 19 heavy (non-hydrogen) atoms. The van der Waals surface area contributed by atoms with Crippen LogP contribution in [0.3, 0.4) is 0 Å². The third-order valence-corrected chi connectivity index (χ3v) is 3.08. The zero-order chi connectivity index (χ0) is 13.7. The SMILES string of the molecule is CCCNc1cncc(Oc2cc(Br)ccc2Cl)n1. The molecule has 0 saturated carbocycles. The molecular weight excluding hydrogens is 330 g/mol. The fraction of sp³-hybridized carbons (Fsp3) is 0.231. The fourth-order valence-electron chi connectivity index (χ4n) is 1.40. The second kappa shape index (κ2) is 6.73. The predicted octanol–water partition coefficient (Wildman–Crippen LogP) is 4.51. The topological polar surface area (TPSA) is 47.0 Å². The van der Waals surface area contributed by atoms with E-state index in [9.17, 15) is 0 Å². The van der Waals surface area contributed by atoms with Gasteiger partial charge in [0, 0.05) is 11.0 Å². The van der Waals surface area contributed by atoms with Gasteiger partial charge in [-0.05, 0) is 24.6 Å². The van der Waals surface area contributed by atoms with Gasteiger partial charge in [0.05, 0.1) is 17.4 Å². The molecule has 0 aliphatic carbocycles. The molecule has 6 heteroatoms. The average molecular weight is 343 g/mol. The molecule has 0 aliphatic heterocycles. The van der Waals surface area contributed by atoms with Crippen molar-refractivity contribution in [2.24, 2.45) is 0 Å². The maximum atomic E-state index is 6.06. The smallest absolute Gasteiger partial charge is 0.239 e. The predicted molar refractivity (Wildman–Crippen MR) is 80.0 cm³/mol. The van der Waals surface area contributed by atoms with Gasteiger partial charge in [0.25, 0.3) is 0 Å². The molecule has 1 aromatic carbocycles. The van der Waals surface area contributed by atoms with Crippen LogP contribution in [0.15, 0.2) is 35.1 Å². The van der Waals surface area contributed by atoms with Crippen molar-refractivity contribution < 1.29 is 4.74 Å². The van der Waals surface area contributed by atoms with E-state index >= 15 is 0 Å². The number of rotatable bonds is 5. The minimum absolute atomic E-state index is 0.404. The van der Waals surface area contributed by atoms with Gasteiger partial charge in [0.1, 0.15) is 11.6 Å². The Labute approximate surface area is 125 Å². The molecule has 2 rings (SSSR count). The van der Waals surface area contributed by atoms with E-state index in [0.29, 0.717) is 22.5 Å². The first-order valence-electron chi connectivity index (χ1n) is 5.88. The summed E-state index contributed by atoms with van der Waals surface area (Å²) in [6.45, 7) is 2.93. The number of anilines is 1. The van der Waals surface area contributed by atoms with Crippen molar-refractivity contribution >= 4 is 33.3 Å². The van der Waals surface area contributed by atoms with E-state index in [2.05, 4.69) is 38.1 Å². The van der Waals surface area contributed by atoms with Gasteiger partial charge in [-0.2, -0.15) is 4.98 Å². The molecule has 0 aliphatic rings. The molecule has 0 unspecified atom stereocenters. The van der Waals surface area contributed by atoms with E-state index in [1.54, 1.807) is 24.5 Å². The Kier molecular flexibility index (Phi) is 4.99. The highest BCUT2D eigenvalue weighted by Gasteiger charge is 2.06. The summed E-state index contributed by atoms with van der Waals surface area (Å²) in [4.78, 5) is 8.39. The molecule has 1 aromatic heterocycles. The number of halogens is 2. The molecule has 1 N–H and O–H groups in total. The van der Waals surface area contributed by atoms with E-state index in [4.69, 9.17) is 16.3 Å². The number of nitrogens with zero attached hydrogens (tertiary/aromatic N) is 2. The Morgan fingerprint density at radius 3 is 3.00 bits per heavy atom. The summed E-state index contributed by atoms with van der Waals surface area (Å²) < 4.78 is 6.52. The van der Waals surface area contributed by atoms with Gasteiger partial charge < -0.3 is 10.1 Å². The maximum Gasteiger partial charge on any atom is 0.239 e. The zero-order valence-corrected chi connectivity index (χ0v) is 12.7. The molecule has 0 atom stereocenters. The molecule has 4 nitrogen and oxygen atoms in total. The molecule has 0 fully saturated rings. The van der Waals surface area contributed by atoms with E-state index in [1.807, 2.05) is 6.07 Å². The Hall–Kier alpha value is -1.33. The first-order valence-corrected chi connectivity index (χ1v) is 7.05. The van der Waals surface area contributed by atoms with Gasteiger partial charge in [0.15, 0.2) is 0 Å². The van der Waals surface area contributed by atoms with Crippen molar-refractivity contribution in [1.82, 2.24) is 9.97 Å². The lowest BCUT2D eigenvalue weighted by Crippen LogP contribution is -2.03. The van der Waals surface area contributed by atoms with E-state index < -0.39 is 0 Å². The highest BCUT2D eigenvalue weighted by atomic mass is 79.9. The van der Waals surface area contributed by atoms with Crippen LogP contribution in [0.1, 0.15) is 13.3 Å². The average Bonchev–Trinajstić information content (AvgIpc) is 2.41. The van der Waals surface area contributed by atoms with Crippen molar-refractivity contribution in [3.63, 3.8) is 0 Å². The van der Waals surface area contributed by atoms with Crippen LogP contribution >= 0.6 is 27.5 Å². The highest BCUT2D eigenvalue weighted by Crippen LogP contribution is 2.31. The number of ether oxygens (including phenoxy) is 1. The lowest BCUT2D eigenvalue weighted by molar-refractivity contribution is 0.461. The molecular formula is C13H13BrClN3O. The Bertz CT molecular complexity index is 565. The normalized spacial score (nSPS) is 10.3. The Morgan fingerprint density at radius 1 is 1.37 bits per heavy atom. The summed E-state index contributed by atoms with van der Waals surface area (Å²) >= 11 is 9.43. The number of aromatic nitrogens is 2. The zero-order valence-electron chi connectivity index (χ0n) is 10.4. The third-order valence-electron chi connectivity index (χ3n) is 2.28.